The summed E-state index contributed by atoms with van der Waals surface area (Å²) >= 11 is 3.79. The SMILES string of the molecule is O=C(NCCSC1CCCCC1)c1ccc(OCCSc2ccccc2)cc1. The van der Waals surface area contributed by atoms with E-state index in [2.05, 4.69) is 17.4 Å². The Hall–Kier alpha value is -1.59. The van der Waals surface area contributed by atoms with Crippen LogP contribution in [0.4, 0.5) is 0 Å². The number of hydrogen-bond acceptors (Lipinski definition) is 4. The van der Waals surface area contributed by atoms with E-state index < -0.39 is 0 Å². The monoisotopic (exact) mass is 415 g/mol. The molecule has 1 amide bonds. The van der Waals surface area contributed by atoms with Crippen LogP contribution >= 0.6 is 23.5 Å². The molecule has 0 saturated heterocycles. The maximum Gasteiger partial charge on any atom is 0.251 e. The third kappa shape index (κ3) is 7.44. The van der Waals surface area contributed by atoms with Crippen molar-refractivity contribution < 1.29 is 9.53 Å². The predicted molar refractivity (Wildman–Crippen MR) is 121 cm³/mol. The lowest BCUT2D eigenvalue weighted by Gasteiger charge is -2.20. The number of thioether (sulfide) groups is 2. The predicted octanol–water partition coefficient (Wildman–Crippen LogP) is 5.65. The summed E-state index contributed by atoms with van der Waals surface area (Å²) < 4.78 is 5.77. The van der Waals surface area contributed by atoms with E-state index in [1.54, 1.807) is 11.8 Å². The van der Waals surface area contributed by atoms with Gasteiger partial charge in [-0.1, -0.05) is 37.5 Å². The normalized spacial score (nSPS) is 14.6. The molecule has 0 bridgehead atoms. The first kappa shape index (κ1) is 21.1. The zero-order valence-electron chi connectivity index (χ0n) is 16.3. The molecule has 0 atom stereocenters. The van der Waals surface area contributed by atoms with Gasteiger partial charge in [-0.05, 0) is 49.2 Å². The molecule has 5 heteroatoms. The largest absolute Gasteiger partial charge is 0.493 e. The van der Waals surface area contributed by atoms with Gasteiger partial charge in [0, 0.05) is 33.8 Å². The Bertz CT molecular complexity index is 700. The van der Waals surface area contributed by atoms with Crippen molar-refractivity contribution >= 4 is 29.4 Å². The third-order valence-electron chi connectivity index (χ3n) is 4.77. The quantitative estimate of drug-likeness (QED) is 0.402. The van der Waals surface area contributed by atoms with Crippen LogP contribution in [0.1, 0.15) is 42.5 Å². The molecule has 0 aliphatic heterocycles. The van der Waals surface area contributed by atoms with E-state index >= 15 is 0 Å². The van der Waals surface area contributed by atoms with Crippen molar-refractivity contribution in [2.45, 2.75) is 42.2 Å². The second-order valence-corrected chi connectivity index (χ2v) is 9.50. The van der Waals surface area contributed by atoms with Crippen molar-refractivity contribution in [1.82, 2.24) is 5.32 Å². The minimum Gasteiger partial charge on any atom is -0.493 e. The van der Waals surface area contributed by atoms with Gasteiger partial charge in [-0.3, -0.25) is 4.79 Å². The summed E-state index contributed by atoms with van der Waals surface area (Å²) in [5.41, 5.74) is 0.689. The summed E-state index contributed by atoms with van der Waals surface area (Å²) in [7, 11) is 0. The van der Waals surface area contributed by atoms with Gasteiger partial charge in [0.25, 0.3) is 5.91 Å². The van der Waals surface area contributed by atoms with Crippen LogP contribution in [-0.2, 0) is 0 Å². The van der Waals surface area contributed by atoms with Crippen molar-refractivity contribution in [2.75, 3.05) is 24.7 Å². The van der Waals surface area contributed by atoms with Gasteiger partial charge in [0.05, 0.1) is 6.61 Å². The first-order valence-electron chi connectivity index (χ1n) is 10.1. The van der Waals surface area contributed by atoms with E-state index in [1.165, 1.54) is 37.0 Å². The maximum atomic E-state index is 12.3. The molecule has 0 spiro atoms. The molecule has 1 fully saturated rings. The summed E-state index contributed by atoms with van der Waals surface area (Å²) in [5, 5.41) is 3.82. The van der Waals surface area contributed by atoms with Gasteiger partial charge in [-0.15, -0.1) is 11.8 Å². The highest BCUT2D eigenvalue weighted by atomic mass is 32.2. The van der Waals surface area contributed by atoms with Crippen molar-refractivity contribution in [3.05, 3.63) is 60.2 Å². The Morgan fingerprint density at radius 1 is 0.964 bits per heavy atom. The molecule has 3 rings (SSSR count). The zero-order chi connectivity index (χ0) is 19.4. The molecule has 0 heterocycles. The Morgan fingerprint density at radius 2 is 1.71 bits per heavy atom. The van der Waals surface area contributed by atoms with Crippen LogP contribution in [0.15, 0.2) is 59.5 Å². The second-order valence-electron chi connectivity index (χ2n) is 6.92. The first-order chi connectivity index (χ1) is 13.8. The maximum absolute atomic E-state index is 12.3. The fourth-order valence-corrected chi connectivity index (χ4v) is 5.23. The number of rotatable bonds is 10. The number of hydrogen-bond donors (Lipinski definition) is 1. The van der Waals surface area contributed by atoms with Crippen LogP contribution in [0.5, 0.6) is 5.75 Å². The summed E-state index contributed by atoms with van der Waals surface area (Å²) in [6, 6.07) is 17.7. The lowest BCUT2D eigenvalue weighted by Crippen LogP contribution is -2.26. The van der Waals surface area contributed by atoms with Crippen LogP contribution in [0, 0.1) is 0 Å². The van der Waals surface area contributed by atoms with E-state index in [9.17, 15) is 4.79 Å². The van der Waals surface area contributed by atoms with Gasteiger partial charge in [0.1, 0.15) is 5.75 Å². The molecule has 150 valence electrons. The number of carbonyl (C=O) groups is 1. The van der Waals surface area contributed by atoms with Gasteiger partial charge in [0.15, 0.2) is 0 Å². The van der Waals surface area contributed by atoms with Gasteiger partial charge < -0.3 is 10.1 Å². The number of amides is 1. The van der Waals surface area contributed by atoms with E-state index in [0.29, 0.717) is 12.2 Å². The van der Waals surface area contributed by atoms with Crippen LogP contribution in [0.3, 0.4) is 0 Å². The molecule has 3 nitrogen and oxygen atoms in total. The smallest absolute Gasteiger partial charge is 0.251 e. The average Bonchev–Trinajstić information content (AvgIpc) is 2.76. The van der Waals surface area contributed by atoms with Gasteiger partial charge >= 0.3 is 0 Å². The molecular weight excluding hydrogens is 386 g/mol. The highest BCUT2D eigenvalue weighted by Crippen LogP contribution is 2.27. The lowest BCUT2D eigenvalue weighted by molar-refractivity contribution is 0.0956. The van der Waals surface area contributed by atoms with Gasteiger partial charge in [-0.2, -0.15) is 11.8 Å². The molecule has 0 aromatic heterocycles. The van der Waals surface area contributed by atoms with Crippen molar-refractivity contribution in [1.29, 1.82) is 0 Å². The molecule has 1 aliphatic carbocycles. The molecule has 2 aromatic carbocycles. The minimum atomic E-state index is -0.00423. The van der Waals surface area contributed by atoms with Gasteiger partial charge in [0.2, 0.25) is 0 Å². The fourth-order valence-electron chi connectivity index (χ4n) is 3.26. The van der Waals surface area contributed by atoms with E-state index in [1.807, 2.05) is 54.2 Å². The van der Waals surface area contributed by atoms with Crippen molar-refractivity contribution in [2.24, 2.45) is 0 Å². The molecule has 0 unspecified atom stereocenters. The molecular formula is C23H29NO2S2. The van der Waals surface area contributed by atoms with Crippen LogP contribution in [-0.4, -0.2) is 35.8 Å². The molecule has 2 aromatic rings. The molecule has 1 aliphatic rings. The summed E-state index contributed by atoms with van der Waals surface area (Å²) in [6.45, 7) is 1.37. The zero-order valence-corrected chi connectivity index (χ0v) is 17.9. The number of nitrogens with one attached hydrogen (secondary N) is 1. The van der Waals surface area contributed by atoms with Crippen LogP contribution in [0.2, 0.25) is 0 Å². The van der Waals surface area contributed by atoms with Crippen LogP contribution < -0.4 is 10.1 Å². The van der Waals surface area contributed by atoms with E-state index in [0.717, 1.165) is 29.0 Å². The topological polar surface area (TPSA) is 38.3 Å². The first-order valence-corrected chi connectivity index (χ1v) is 12.2. The van der Waals surface area contributed by atoms with E-state index in [4.69, 9.17) is 4.74 Å². The Labute approximate surface area is 177 Å². The van der Waals surface area contributed by atoms with Crippen LogP contribution in [0.25, 0.3) is 0 Å². The Kier molecular flexibility index (Phi) is 9.11. The third-order valence-corrected chi connectivity index (χ3v) is 7.13. The number of carbonyl (C=O) groups excluding carboxylic acids is 1. The Balaban J connectivity index is 1.31. The van der Waals surface area contributed by atoms with Crippen molar-refractivity contribution in [3.63, 3.8) is 0 Å². The fraction of sp³-hybridized carbons (Fsp3) is 0.435. The average molecular weight is 416 g/mol. The standard InChI is InChI=1S/C23H29NO2S2/c25-23(24-15-17-27-21-7-3-1-4-8-21)19-11-13-20(14-12-19)26-16-18-28-22-9-5-2-6-10-22/h2,5-6,9-14,21H,1,3-4,7-8,15-18H2,(H,24,25). The highest BCUT2D eigenvalue weighted by Gasteiger charge is 2.13. The summed E-state index contributed by atoms with van der Waals surface area (Å²) in [6.07, 6.45) is 6.79. The number of ether oxygens (including phenoxy) is 1. The van der Waals surface area contributed by atoms with E-state index in [-0.39, 0.29) is 5.91 Å². The lowest BCUT2D eigenvalue weighted by atomic mass is 10.0. The highest BCUT2D eigenvalue weighted by molar-refractivity contribution is 8.00. The number of benzene rings is 2. The second kappa shape index (κ2) is 12.1. The summed E-state index contributed by atoms with van der Waals surface area (Å²) in [5.74, 6) is 2.69. The minimum absolute atomic E-state index is 0.00423. The van der Waals surface area contributed by atoms with Gasteiger partial charge in [-0.25, -0.2) is 0 Å². The molecule has 0 radical (unpaired) electrons. The summed E-state index contributed by atoms with van der Waals surface area (Å²) in [4.78, 5) is 13.5. The molecule has 28 heavy (non-hydrogen) atoms. The molecule has 1 saturated carbocycles. The Morgan fingerprint density at radius 3 is 2.46 bits per heavy atom. The molecule has 1 N–H and O–H groups in total. The van der Waals surface area contributed by atoms with Crippen molar-refractivity contribution in [3.8, 4) is 5.75 Å².